The molecule has 0 bridgehead atoms. The van der Waals surface area contributed by atoms with Crippen molar-refractivity contribution in [2.24, 2.45) is 0 Å². The lowest BCUT2D eigenvalue weighted by Crippen LogP contribution is -2.22. The van der Waals surface area contributed by atoms with E-state index in [0.29, 0.717) is 6.04 Å². The maximum Gasteiger partial charge on any atom is 0.0320 e. The Morgan fingerprint density at radius 1 is 1.11 bits per heavy atom. The molecule has 19 heavy (non-hydrogen) atoms. The first-order valence-corrected chi connectivity index (χ1v) is 8.47. The number of hydrogen-bond donors (Lipinski definition) is 1. The molecule has 1 rings (SSSR count). The summed E-state index contributed by atoms with van der Waals surface area (Å²) in [5.74, 6) is 0. The molecule has 0 fully saturated rings. The molecule has 0 aliphatic rings. The summed E-state index contributed by atoms with van der Waals surface area (Å²) in [7, 11) is 0. The molecule has 2 heteroatoms. The Morgan fingerprint density at radius 2 is 1.89 bits per heavy atom. The Kier molecular flexibility index (Phi) is 8.40. The summed E-state index contributed by atoms with van der Waals surface area (Å²) in [6.45, 7) is 7.77. The second kappa shape index (κ2) is 9.55. The standard InChI is InChI=1S/C17H28BrN/c1-4-6-7-8-9-17(19-12-5-2)15-10-11-16(18)14(3)13-15/h10-11,13,17,19H,4-9,12H2,1-3H3. The van der Waals surface area contributed by atoms with E-state index in [2.05, 4.69) is 60.2 Å². The molecule has 1 aromatic carbocycles. The number of nitrogens with one attached hydrogen (secondary N) is 1. The lowest BCUT2D eigenvalue weighted by molar-refractivity contribution is 0.470. The van der Waals surface area contributed by atoms with Crippen molar-refractivity contribution in [2.45, 2.75) is 65.3 Å². The zero-order valence-electron chi connectivity index (χ0n) is 12.6. The molecule has 0 heterocycles. The predicted octanol–water partition coefficient (Wildman–Crippen LogP) is 5.77. The van der Waals surface area contributed by atoms with Gasteiger partial charge in [-0.2, -0.15) is 0 Å². The van der Waals surface area contributed by atoms with Crippen LogP contribution in [0.15, 0.2) is 22.7 Å². The van der Waals surface area contributed by atoms with Crippen LogP contribution in [-0.2, 0) is 0 Å². The van der Waals surface area contributed by atoms with Crippen LogP contribution < -0.4 is 5.32 Å². The van der Waals surface area contributed by atoms with Gasteiger partial charge in [0.25, 0.3) is 0 Å². The van der Waals surface area contributed by atoms with Gasteiger partial charge in [0, 0.05) is 10.5 Å². The van der Waals surface area contributed by atoms with Crippen LogP contribution in [-0.4, -0.2) is 6.54 Å². The quantitative estimate of drug-likeness (QED) is 0.568. The van der Waals surface area contributed by atoms with E-state index < -0.39 is 0 Å². The van der Waals surface area contributed by atoms with Crippen molar-refractivity contribution in [3.8, 4) is 0 Å². The lowest BCUT2D eigenvalue weighted by atomic mass is 9.98. The van der Waals surface area contributed by atoms with Crippen LogP contribution in [0.5, 0.6) is 0 Å². The topological polar surface area (TPSA) is 12.0 Å². The summed E-state index contributed by atoms with van der Waals surface area (Å²) >= 11 is 3.58. The second-order valence-corrected chi connectivity index (χ2v) is 6.22. The lowest BCUT2D eigenvalue weighted by Gasteiger charge is -2.20. The average Bonchev–Trinajstić information content (AvgIpc) is 2.41. The second-order valence-electron chi connectivity index (χ2n) is 5.36. The van der Waals surface area contributed by atoms with Gasteiger partial charge in [0.15, 0.2) is 0 Å². The van der Waals surface area contributed by atoms with Gasteiger partial charge >= 0.3 is 0 Å². The van der Waals surface area contributed by atoms with Gasteiger partial charge in [-0.3, -0.25) is 0 Å². The highest BCUT2D eigenvalue weighted by atomic mass is 79.9. The third-order valence-corrected chi connectivity index (χ3v) is 4.46. The van der Waals surface area contributed by atoms with Crippen LogP contribution in [0, 0.1) is 6.92 Å². The van der Waals surface area contributed by atoms with E-state index in [9.17, 15) is 0 Å². The molecule has 0 saturated carbocycles. The highest BCUT2D eigenvalue weighted by Gasteiger charge is 2.11. The maximum absolute atomic E-state index is 3.69. The minimum Gasteiger partial charge on any atom is -0.310 e. The van der Waals surface area contributed by atoms with Gasteiger partial charge in [-0.25, -0.2) is 0 Å². The zero-order chi connectivity index (χ0) is 14.1. The van der Waals surface area contributed by atoms with Crippen molar-refractivity contribution in [3.05, 3.63) is 33.8 Å². The summed E-state index contributed by atoms with van der Waals surface area (Å²) in [4.78, 5) is 0. The van der Waals surface area contributed by atoms with Gasteiger partial charge in [0.05, 0.1) is 0 Å². The van der Waals surface area contributed by atoms with Gasteiger partial charge in [-0.1, -0.05) is 67.6 Å². The minimum absolute atomic E-state index is 0.517. The Morgan fingerprint density at radius 3 is 2.53 bits per heavy atom. The van der Waals surface area contributed by atoms with E-state index in [-0.39, 0.29) is 0 Å². The van der Waals surface area contributed by atoms with Crippen molar-refractivity contribution >= 4 is 15.9 Å². The normalized spacial score (nSPS) is 12.6. The third kappa shape index (κ3) is 6.09. The zero-order valence-corrected chi connectivity index (χ0v) is 14.2. The van der Waals surface area contributed by atoms with Crippen LogP contribution in [0.4, 0.5) is 0 Å². The van der Waals surface area contributed by atoms with E-state index in [0.717, 1.165) is 6.54 Å². The van der Waals surface area contributed by atoms with E-state index >= 15 is 0 Å². The van der Waals surface area contributed by atoms with Gasteiger partial charge in [-0.15, -0.1) is 0 Å². The molecule has 1 aromatic rings. The van der Waals surface area contributed by atoms with Crippen molar-refractivity contribution < 1.29 is 0 Å². The van der Waals surface area contributed by atoms with Crippen molar-refractivity contribution in [1.29, 1.82) is 0 Å². The molecule has 0 aromatic heterocycles. The summed E-state index contributed by atoms with van der Waals surface area (Å²) in [6, 6.07) is 7.27. The van der Waals surface area contributed by atoms with E-state index in [1.54, 1.807) is 0 Å². The van der Waals surface area contributed by atoms with Crippen LogP contribution in [0.3, 0.4) is 0 Å². The first kappa shape index (κ1) is 16.7. The van der Waals surface area contributed by atoms with Crippen LogP contribution in [0.1, 0.15) is 69.5 Å². The first-order valence-electron chi connectivity index (χ1n) is 7.68. The smallest absolute Gasteiger partial charge is 0.0320 e. The van der Waals surface area contributed by atoms with Crippen LogP contribution >= 0.6 is 15.9 Å². The van der Waals surface area contributed by atoms with Crippen molar-refractivity contribution in [3.63, 3.8) is 0 Å². The molecular weight excluding hydrogens is 298 g/mol. The molecule has 0 aliphatic carbocycles. The fraction of sp³-hybridized carbons (Fsp3) is 0.647. The number of aryl methyl sites for hydroxylation is 1. The molecular formula is C17H28BrN. The third-order valence-electron chi connectivity index (χ3n) is 3.57. The van der Waals surface area contributed by atoms with Crippen molar-refractivity contribution in [2.75, 3.05) is 6.54 Å². The fourth-order valence-electron chi connectivity index (χ4n) is 2.37. The first-order chi connectivity index (χ1) is 9.19. The van der Waals surface area contributed by atoms with Gasteiger partial charge < -0.3 is 5.32 Å². The van der Waals surface area contributed by atoms with Gasteiger partial charge in [0.2, 0.25) is 0 Å². The Bertz CT molecular complexity index is 362. The molecule has 108 valence electrons. The molecule has 1 N–H and O–H groups in total. The monoisotopic (exact) mass is 325 g/mol. The number of halogens is 1. The molecule has 0 saturated heterocycles. The number of benzene rings is 1. The minimum atomic E-state index is 0.517. The highest BCUT2D eigenvalue weighted by molar-refractivity contribution is 9.10. The molecule has 0 amide bonds. The largest absolute Gasteiger partial charge is 0.310 e. The SMILES string of the molecule is CCCCCCC(NCCC)c1ccc(Br)c(C)c1. The summed E-state index contributed by atoms with van der Waals surface area (Å²) < 4.78 is 1.21. The average molecular weight is 326 g/mol. The molecule has 1 atom stereocenters. The van der Waals surface area contributed by atoms with Crippen LogP contribution in [0.25, 0.3) is 0 Å². The molecule has 0 aliphatic heterocycles. The molecule has 0 radical (unpaired) electrons. The molecule has 1 unspecified atom stereocenters. The van der Waals surface area contributed by atoms with E-state index in [4.69, 9.17) is 0 Å². The maximum atomic E-state index is 3.69. The Balaban J connectivity index is 2.63. The Hall–Kier alpha value is -0.340. The Labute approximate surface area is 127 Å². The fourth-order valence-corrected chi connectivity index (χ4v) is 2.61. The highest BCUT2D eigenvalue weighted by Crippen LogP contribution is 2.25. The predicted molar refractivity (Wildman–Crippen MR) is 88.7 cm³/mol. The van der Waals surface area contributed by atoms with Gasteiger partial charge in [-0.05, 0) is 43.5 Å². The number of rotatable bonds is 9. The molecule has 1 nitrogen and oxygen atoms in total. The summed E-state index contributed by atoms with van der Waals surface area (Å²) in [6.07, 6.45) is 7.80. The van der Waals surface area contributed by atoms with Gasteiger partial charge in [0.1, 0.15) is 0 Å². The van der Waals surface area contributed by atoms with Crippen molar-refractivity contribution in [1.82, 2.24) is 5.32 Å². The van der Waals surface area contributed by atoms with E-state index in [1.807, 2.05) is 0 Å². The number of unbranched alkanes of at least 4 members (excludes halogenated alkanes) is 3. The summed E-state index contributed by atoms with van der Waals surface area (Å²) in [5, 5.41) is 3.69. The van der Waals surface area contributed by atoms with Crippen LogP contribution in [0.2, 0.25) is 0 Å². The summed E-state index contributed by atoms with van der Waals surface area (Å²) in [5.41, 5.74) is 2.76. The number of hydrogen-bond acceptors (Lipinski definition) is 1. The van der Waals surface area contributed by atoms with E-state index in [1.165, 1.54) is 54.1 Å². The molecule has 0 spiro atoms.